The summed E-state index contributed by atoms with van der Waals surface area (Å²) in [7, 11) is 0. The second-order valence-electron chi connectivity index (χ2n) is 4.81. The molecule has 0 saturated carbocycles. The number of nitrogens with one attached hydrogen (secondary N) is 1. The van der Waals surface area contributed by atoms with Gasteiger partial charge >= 0.3 is 0 Å². The average Bonchev–Trinajstić information content (AvgIpc) is 2.24. The number of hydrogen-bond donors (Lipinski definition) is 1. The van der Waals surface area contributed by atoms with E-state index in [4.69, 9.17) is 0 Å². The molecule has 0 fully saturated rings. The standard InChI is InChI=1S/C14H28N2/c1-7-9-16(10-8-2)14(6)13(5)11-15-12(3)4/h7-8,12-15H,1-2,9-11H2,3-6H3. The van der Waals surface area contributed by atoms with Crippen molar-refractivity contribution < 1.29 is 0 Å². The summed E-state index contributed by atoms with van der Waals surface area (Å²) >= 11 is 0. The van der Waals surface area contributed by atoms with Gasteiger partial charge in [0.1, 0.15) is 0 Å². The molecule has 0 rings (SSSR count). The molecule has 16 heavy (non-hydrogen) atoms. The van der Waals surface area contributed by atoms with E-state index >= 15 is 0 Å². The molecule has 0 saturated heterocycles. The third-order valence-electron chi connectivity index (χ3n) is 2.97. The zero-order valence-corrected chi connectivity index (χ0v) is 11.4. The highest BCUT2D eigenvalue weighted by Gasteiger charge is 2.18. The summed E-state index contributed by atoms with van der Waals surface area (Å²) in [6.45, 7) is 19.5. The molecule has 2 heteroatoms. The molecule has 2 atom stereocenters. The highest BCUT2D eigenvalue weighted by Crippen LogP contribution is 2.10. The molecule has 0 radical (unpaired) electrons. The third kappa shape index (κ3) is 6.09. The van der Waals surface area contributed by atoms with Crippen molar-refractivity contribution in [1.29, 1.82) is 0 Å². The molecule has 0 aromatic carbocycles. The third-order valence-corrected chi connectivity index (χ3v) is 2.97. The Kier molecular flexibility index (Phi) is 8.22. The predicted octanol–water partition coefficient (Wildman–Crippen LogP) is 2.68. The van der Waals surface area contributed by atoms with Crippen molar-refractivity contribution in [2.45, 2.75) is 39.8 Å². The first-order valence-electron chi connectivity index (χ1n) is 6.22. The van der Waals surface area contributed by atoms with E-state index < -0.39 is 0 Å². The summed E-state index contributed by atoms with van der Waals surface area (Å²) < 4.78 is 0. The van der Waals surface area contributed by atoms with E-state index in [1.165, 1.54) is 0 Å². The van der Waals surface area contributed by atoms with Gasteiger partial charge in [0.2, 0.25) is 0 Å². The van der Waals surface area contributed by atoms with Gasteiger partial charge in [-0.05, 0) is 19.4 Å². The maximum Gasteiger partial charge on any atom is 0.0166 e. The lowest BCUT2D eigenvalue weighted by atomic mass is 10.0. The summed E-state index contributed by atoms with van der Waals surface area (Å²) in [5, 5.41) is 3.49. The molecule has 0 spiro atoms. The predicted molar refractivity (Wildman–Crippen MR) is 73.7 cm³/mol. The van der Waals surface area contributed by atoms with Gasteiger partial charge in [-0.3, -0.25) is 4.90 Å². The summed E-state index contributed by atoms with van der Waals surface area (Å²) in [4.78, 5) is 2.40. The minimum Gasteiger partial charge on any atom is -0.314 e. The average molecular weight is 224 g/mol. The molecule has 94 valence electrons. The molecule has 0 aliphatic heterocycles. The monoisotopic (exact) mass is 224 g/mol. The molecule has 0 aliphatic rings. The van der Waals surface area contributed by atoms with Crippen molar-refractivity contribution in [2.75, 3.05) is 19.6 Å². The van der Waals surface area contributed by atoms with Crippen molar-refractivity contribution in [3.05, 3.63) is 25.3 Å². The van der Waals surface area contributed by atoms with Crippen LogP contribution in [0.15, 0.2) is 25.3 Å². The first-order chi connectivity index (χ1) is 7.52. The second kappa shape index (κ2) is 8.54. The molecule has 0 bridgehead atoms. The Morgan fingerprint density at radius 1 is 1.06 bits per heavy atom. The molecule has 0 aromatic rings. The Hall–Kier alpha value is -0.600. The van der Waals surface area contributed by atoms with Gasteiger partial charge < -0.3 is 5.32 Å². The molecule has 2 unspecified atom stereocenters. The van der Waals surface area contributed by atoms with E-state index in [-0.39, 0.29) is 0 Å². The molecular formula is C14H28N2. The molecule has 2 nitrogen and oxygen atoms in total. The highest BCUT2D eigenvalue weighted by atomic mass is 15.1. The fourth-order valence-corrected chi connectivity index (χ4v) is 1.69. The Morgan fingerprint density at radius 3 is 1.94 bits per heavy atom. The van der Waals surface area contributed by atoms with Crippen molar-refractivity contribution in [2.24, 2.45) is 5.92 Å². The molecular weight excluding hydrogens is 196 g/mol. The van der Waals surface area contributed by atoms with E-state index in [9.17, 15) is 0 Å². The van der Waals surface area contributed by atoms with Crippen molar-refractivity contribution in [3.8, 4) is 0 Å². The zero-order valence-electron chi connectivity index (χ0n) is 11.4. The van der Waals surface area contributed by atoms with Crippen molar-refractivity contribution in [3.63, 3.8) is 0 Å². The largest absolute Gasteiger partial charge is 0.314 e. The van der Waals surface area contributed by atoms with Gasteiger partial charge in [-0.15, -0.1) is 13.2 Å². The first kappa shape index (κ1) is 15.4. The Bertz CT molecular complexity index is 189. The first-order valence-corrected chi connectivity index (χ1v) is 6.22. The van der Waals surface area contributed by atoms with Gasteiger partial charge in [0, 0.05) is 25.2 Å². The Balaban J connectivity index is 4.17. The van der Waals surface area contributed by atoms with Crippen molar-refractivity contribution >= 4 is 0 Å². The molecule has 0 aromatic heterocycles. The van der Waals surface area contributed by atoms with Gasteiger partial charge in [0.25, 0.3) is 0 Å². The summed E-state index contributed by atoms with van der Waals surface area (Å²) in [6.07, 6.45) is 3.92. The number of hydrogen-bond acceptors (Lipinski definition) is 2. The summed E-state index contributed by atoms with van der Waals surface area (Å²) in [5.74, 6) is 0.627. The maximum atomic E-state index is 3.81. The summed E-state index contributed by atoms with van der Waals surface area (Å²) in [5.41, 5.74) is 0. The highest BCUT2D eigenvalue weighted by molar-refractivity contribution is 4.85. The van der Waals surface area contributed by atoms with Gasteiger partial charge in [0.05, 0.1) is 0 Å². The van der Waals surface area contributed by atoms with E-state index in [1.807, 2.05) is 12.2 Å². The lowest BCUT2D eigenvalue weighted by Gasteiger charge is -2.32. The van der Waals surface area contributed by atoms with Crippen LogP contribution in [-0.4, -0.2) is 36.6 Å². The van der Waals surface area contributed by atoms with Crippen LogP contribution in [-0.2, 0) is 0 Å². The Morgan fingerprint density at radius 2 is 1.56 bits per heavy atom. The van der Waals surface area contributed by atoms with Crippen LogP contribution in [0.4, 0.5) is 0 Å². The molecule has 0 amide bonds. The van der Waals surface area contributed by atoms with Crippen LogP contribution in [0.1, 0.15) is 27.7 Å². The van der Waals surface area contributed by atoms with E-state index in [1.54, 1.807) is 0 Å². The van der Waals surface area contributed by atoms with Crippen LogP contribution in [0.3, 0.4) is 0 Å². The quantitative estimate of drug-likeness (QED) is 0.606. The van der Waals surface area contributed by atoms with Gasteiger partial charge in [-0.2, -0.15) is 0 Å². The van der Waals surface area contributed by atoms with Crippen LogP contribution < -0.4 is 5.32 Å². The van der Waals surface area contributed by atoms with Crippen LogP contribution >= 0.6 is 0 Å². The van der Waals surface area contributed by atoms with E-state index in [0.717, 1.165) is 19.6 Å². The normalized spacial score (nSPS) is 15.1. The summed E-state index contributed by atoms with van der Waals surface area (Å²) in [6, 6.07) is 1.10. The molecule has 0 heterocycles. The maximum absolute atomic E-state index is 3.81. The minimum absolute atomic E-state index is 0.544. The van der Waals surface area contributed by atoms with Crippen LogP contribution in [0.25, 0.3) is 0 Å². The smallest absolute Gasteiger partial charge is 0.0166 e. The fourth-order valence-electron chi connectivity index (χ4n) is 1.69. The Labute approximate surface area is 101 Å². The zero-order chi connectivity index (χ0) is 12.6. The van der Waals surface area contributed by atoms with Crippen LogP contribution in [0, 0.1) is 5.92 Å². The van der Waals surface area contributed by atoms with Gasteiger partial charge in [-0.25, -0.2) is 0 Å². The number of rotatable bonds is 9. The minimum atomic E-state index is 0.544. The SMILES string of the molecule is C=CCN(CC=C)C(C)C(C)CNC(C)C. The van der Waals surface area contributed by atoms with Crippen LogP contribution in [0.2, 0.25) is 0 Å². The van der Waals surface area contributed by atoms with Crippen LogP contribution in [0.5, 0.6) is 0 Å². The van der Waals surface area contributed by atoms with E-state index in [2.05, 4.69) is 51.1 Å². The number of nitrogens with zero attached hydrogens (tertiary/aromatic N) is 1. The lowest BCUT2D eigenvalue weighted by Crippen LogP contribution is -2.42. The molecule has 1 N–H and O–H groups in total. The molecule has 0 aliphatic carbocycles. The second-order valence-corrected chi connectivity index (χ2v) is 4.81. The topological polar surface area (TPSA) is 15.3 Å². The van der Waals surface area contributed by atoms with Gasteiger partial charge in [-0.1, -0.05) is 32.9 Å². The van der Waals surface area contributed by atoms with Gasteiger partial charge in [0.15, 0.2) is 0 Å². The lowest BCUT2D eigenvalue weighted by molar-refractivity contribution is 0.192. The van der Waals surface area contributed by atoms with Crippen molar-refractivity contribution in [1.82, 2.24) is 10.2 Å². The van der Waals surface area contributed by atoms with E-state index in [0.29, 0.717) is 18.0 Å². The fraction of sp³-hybridized carbons (Fsp3) is 0.714.